The lowest BCUT2D eigenvalue weighted by Crippen LogP contribution is -2.36. The fourth-order valence-corrected chi connectivity index (χ4v) is 3.82. The number of hydrogen-bond donors (Lipinski definition) is 2. The molecule has 4 rings (SSSR count). The summed E-state index contributed by atoms with van der Waals surface area (Å²) in [5.41, 5.74) is 1.28. The lowest BCUT2D eigenvalue weighted by Gasteiger charge is -2.30. The SMILES string of the molecule is FC(F)(F)c1cc(N2CCc3ccccc3C2)nc(NC(=S)NC[C@H]2CCCO2)n1. The summed E-state index contributed by atoms with van der Waals surface area (Å²) in [5, 5.41) is 5.82. The van der Waals surface area contributed by atoms with Crippen molar-refractivity contribution in [1.82, 2.24) is 15.3 Å². The van der Waals surface area contributed by atoms with Gasteiger partial charge in [-0.2, -0.15) is 18.2 Å². The van der Waals surface area contributed by atoms with Crippen LogP contribution in [0.2, 0.25) is 0 Å². The highest BCUT2D eigenvalue weighted by Gasteiger charge is 2.34. The van der Waals surface area contributed by atoms with Gasteiger partial charge in [-0.15, -0.1) is 0 Å². The van der Waals surface area contributed by atoms with Crippen LogP contribution in [-0.4, -0.2) is 40.9 Å². The molecule has 30 heavy (non-hydrogen) atoms. The average Bonchev–Trinajstić information content (AvgIpc) is 3.25. The highest BCUT2D eigenvalue weighted by Crippen LogP contribution is 2.32. The van der Waals surface area contributed by atoms with Crippen LogP contribution in [-0.2, 0) is 23.9 Å². The zero-order valence-corrected chi connectivity index (χ0v) is 17.0. The van der Waals surface area contributed by atoms with E-state index in [9.17, 15) is 13.2 Å². The molecule has 0 unspecified atom stereocenters. The van der Waals surface area contributed by atoms with Crippen LogP contribution in [0.25, 0.3) is 0 Å². The maximum Gasteiger partial charge on any atom is 0.433 e. The van der Waals surface area contributed by atoms with E-state index in [1.165, 1.54) is 5.56 Å². The third kappa shape index (κ3) is 4.99. The summed E-state index contributed by atoms with van der Waals surface area (Å²) in [7, 11) is 0. The van der Waals surface area contributed by atoms with Crippen molar-refractivity contribution in [2.24, 2.45) is 0 Å². The number of ether oxygens (including phenoxy) is 1. The number of anilines is 2. The number of nitrogens with one attached hydrogen (secondary N) is 2. The molecule has 10 heteroatoms. The van der Waals surface area contributed by atoms with Gasteiger partial charge in [-0.25, -0.2) is 4.98 Å². The molecule has 2 aromatic rings. The molecule has 0 spiro atoms. The Morgan fingerprint density at radius 1 is 1.23 bits per heavy atom. The molecule has 6 nitrogen and oxygen atoms in total. The van der Waals surface area contributed by atoms with E-state index in [2.05, 4.69) is 20.6 Å². The standard InChI is InChI=1S/C20H22F3N5OS/c21-20(22,23)16-10-17(28-8-7-13-4-1-2-5-14(13)12-28)26-18(25-16)27-19(30)24-11-15-6-3-9-29-15/h1-2,4-5,10,15H,3,6-9,11-12H2,(H2,24,25,26,27,30)/t15-/m1/s1. The first-order valence-electron chi connectivity index (χ1n) is 9.83. The monoisotopic (exact) mass is 437 g/mol. The number of rotatable bonds is 4. The van der Waals surface area contributed by atoms with Gasteiger partial charge in [-0.1, -0.05) is 24.3 Å². The predicted molar refractivity (Wildman–Crippen MR) is 111 cm³/mol. The van der Waals surface area contributed by atoms with Crippen molar-refractivity contribution in [1.29, 1.82) is 0 Å². The van der Waals surface area contributed by atoms with Crippen molar-refractivity contribution in [2.45, 2.75) is 38.1 Å². The number of halogens is 3. The smallest absolute Gasteiger partial charge is 0.376 e. The number of nitrogens with zero attached hydrogens (tertiary/aromatic N) is 3. The number of alkyl halides is 3. The number of aromatic nitrogens is 2. The van der Waals surface area contributed by atoms with E-state index in [-0.39, 0.29) is 23.0 Å². The third-order valence-electron chi connectivity index (χ3n) is 5.20. The van der Waals surface area contributed by atoms with Crippen LogP contribution >= 0.6 is 12.2 Å². The van der Waals surface area contributed by atoms with E-state index in [0.717, 1.165) is 30.9 Å². The molecule has 160 valence electrons. The van der Waals surface area contributed by atoms with Crippen LogP contribution in [0.5, 0.6) is 0 Å². The Labute approximate surface area is 177 Å². The Morgan fingerprint density at radius 2 is 2.03 bits per heavy atom. The molecular weight excluding hydrogens is 415 g/mol. The summed E-state index contributed by atoms with van der Waals surface area (Å²) in [6.45, 7) is 2.27. The summed E-state index contributed by atoms with van der Waals surface area (Å²) in [4.78, 5) is 9.77. The van der Waals surface area contributed by atoms with Gasteiger partial charge in [0.2, 0.25) is 5.95 Å². The van der Waals surface area contributed by atoms with Crippen molar-refractivity contribution < 1.29 is 17.9 Å². The van der Waals surface area contributed by atoms with Gasteiger partial charge in [-0.3, -0.25) is 0 Å². The Kier molecular flexibility index (Phi) is 6.05. The average molecular weight is 437 g/mol. The van der Waals surface area contributed by atoms with Crippen molar-refractivity contribution in [3.8, 4) is 0 Å². The minimum absolute atomic E-state index is 0.0520. The summed E-state index contributed by atoms with van der Waals surface area (Å²) in [5.74, 6) is 0.0415. The summed E-state index contributed by atoms with van der Waals surface area (Å²) >= 11 is 5.21. The Morgan fingerprint density at radius 3 is 2.77 bits per heavy atom. The Balaban J connectivity index is 1.51. The lowest BCUT2D eigenvalue weighted by atomic mass is 10.00. The van der Waals surface area contributed by atoms with Gasteiger partial charge in [0, 0.05) is 32.3 Å². The molecule has 0 bridgehead atoms. The number of thiocarbonyl (C=S) groups is 1. The molecule has 2 aliphatic rings. The molecule has 0 aliphatic carbocycles. The second-order valence-electron chi connectivity index (χ2n) is 7.34. The van der Waals surface area contributed by atoms with Crippen LogP contribution in [0.15, 0.2) is 30.3 Å². The van der Waals surface area contributed by atoms with E-state index in [1.54, 1.807) is 0 Å². The van der Waals surface area contributed by atoms with Crippen molar-refractivity contribution >= 4 is 29.1 Å². The topological polar surface area (TPSA) is 62.3 Å². The highest BCUT2D eigenvalue weighted by atomic mass is 32.1. The van der Waals surface area contributed by atoms with Gasteiger partial charge in [0.25, 0.3) is 0 Å². The van der Waals surface area contributed by atoms with E-state index < -0.39 is 11.9 Å². The molecule has 0 amide bonds. The van der Waals surface area contributed by atoms with Crippen LogP contribution < -0.4 is 15.5 Å². The number of benzene rings is 1. The molecule has 1 fully saturated rings. The molecule has 1 aromatic carbocycles. The first-order valence-corrected chi connectivity index (χ1v) is 10.2. The fourth-order valence-electron chi connectivity index (χ4n) is 3.65. The van der Waals surface area contributed by atoms with Gasteiger partial charge in [-0.05, 0) is 42.6 Å². The Hall–Kier alpha value is -2.46. The zero-order chi connectivity index (χ0) is 21.1. The maximum atomic E-state index is 13.4. The molecule has 3 heterocycles. The van der Waals surface area contributed by atoms with E-state index >= 15 is 0 Å². The molecule has 1 aromatic heterocycles. The zero-order valence-electron chi connectivity index (χ0n) is 16.2. The largest absolute Gasteiger partial charge is 0.433 e. The first-order chi connectivity index (χ1) is 14.4. The second-order valence-corrected chi connectivity index (χ2v) is 7.75. The predicted octanol–water partition coefficient (Wildman–Crippen LogP) is 3.52. The Bertz CT molecular complexity index is 918. The van der Waals surface area contributed by atoms with Crippen LogP contribution in [0, 0.1) is 0 Å². The molecule has 2 aliphatic heterocycles. The molecule has 1 saturated heterocycles. The van der Waals surface area contributed by atoms with Gasteiger partial charge in [0.05, 0.1) is 6.10 Å². The minimum atomic E-state index is -4.59. The molecule has 1 atom stereocenters. The number of fused-ring (bicyclic) bond motifs is 1. The third-order valence-corrected chi connectivity index (χ3v) is 5.44. The number of hydrogen-bond acceptors (Lipinski definition) is 5. The first kappa shape index (κ1) is 20.8. The van der Waals surface area contributed by atoms with Gasteiger partial charge >= 0.3 is 6.18 Å². The molecule has 0 radical (unpaired) electrons. The van der Waals surface area contributed by atoms with E-state index in [1.807, 2.05) is 29.2 Å². The molecule has 0 saturated carbocycles. The van der Waals surface area contributed by atoms with Crippen molar-refractivity contribution in [2.75, 3.05) is 29.9 Å². The fraction of sp³-hybridized carbons (Fsp3) is 0.450. The lowest BCUT2D eigenvalue weighted by molar-refractivity contribution is -0.141. The van der Waals surface area contributed by atoms with E-state index in [0.29, 0.717) is 26.2 Å². The van der Waals surface area contributed by atoms with Crippen molar-refractivity contribution in [3.05, 3.63) is 47.2 Å². The normalized spacial score (nSPS) is 18.8. The molecular formula is C20H22F3N5OS. The highest BCUT2D eigenvalue weighted by molar-refractivity contribution is 7.80. The van der Waals surface area contributed by atoms with Crippen molar-refractivity contribution in [3.63, 3.8) is 0 Å². The quantitative estimate of drug-likeness (QED) is 0.710. The van der Waals surface area contributed by atoms with Crippen LogP contribution in [0.4, 0.5) is 24.9 Å². The van der Waals surface area contributed by atoms with Gasteiger partial charge in [0.1, 0.15) is 5.82 Å². The minimum Gasteiger partial charge on any atom is -0.376 e. The summed E-state index contributed by atoms with van der Waals surface area (Å²) in [6.07, 6.45) is -1.88. The summed E-state index contributed by atoms with van der Waals surface area (Å²) in [6, 6.07) is 8.90. The van der Waals surface area contributed by atoms with E-state index in [4.69, 9.17) is 17.0 Å². The molecule has 2 N–H and O–H groups in total. The maximum absolute atomic E-state index is 13.4. The second kappa shape index (κ2) is 8.73. The van der Waals surface area contributed by atoms with Crippen LogP contribution in [0.1, 0.15) is 29.7 Å². The van der Waals surface area contributed by atoms with Gasteiger partial charge < -0.3 is 20.3 Å². The summed E-state index contributed by atoms with van der Waals surface area (Å²) < 4.78 is 45.8. The van der Waals surface area contributed by atoms with Crippen LogP contribution in [0.3, 0.4) is 0 Å². The van der Waals surface area contributed by atoms with Gasteiger partial charge in [0.15, 0.2) is 10.8 Å².